The zero-order chi connectivity index (χ0) is 23.2. The fraction of sp³-hybridized carbons (Fsp3) is 0.520. The molecule has 0 saturated heterocycles. The smallest absolute Gasteiger partial charge is 0.251 e. The average molecular weight is 570 g/mol. The molecule has 0 aliphatic carbocycles. The molecule has 1 aromatic heterocycles. The van der Waals surface area contributed by atoms with Crippen LogP contribution >= 0.6 is 24.0 Å². The first-order valence-corrected chi connectivity index (χ1v) is 11.7. The van der Waals surface area contributed by atoms with Crippen LogP contribution in [0.15, 0.2) is 52.1 Å². The Labute approximate surface area is 215 Å². The van der Waals surface area contributed by atoms with E-state index in [2.05, 4.69) is 48.5 Å². The number of amides is 1. The highest BCUT2D eigenvalue weighted by Crippen LogP contribution is 2.08. The molecular formula is C25H40IN5O2. The van der Waals surface area contributed by atoms with Gasteiger partial charge in [-0.15, -0.1) is 24.0 Å². The highest BCUT2D eigenvalue weighted by molar-refractivity contribution is 14.0. The number of nitrogens with zero attached hydrogens (tertiary/aromatic N) is 2. The second-order valence-corrected chi connectivity index (χ2v) is 7.87. The SMILES string of the molecule is CCNC(=NCc1cccc(C(=O)NCc2ccco2)c1)NC(C)CCCN(CC)CC.I. The van der Waals surface area contributed by atoms with Gasteiger partial charge in [-0.2, -0.15) is 0 Å². The maximum absolute atomic E-state index is 12.5. The topological polar surface area (TPSA) is 81.9 Å². The third-order valence-electron chi connectivity index (χ3n) is 5.35. The minimum absolute atomic E-state index is 0. The fourth-order valence-corrected chi connectivity index (χ4v) is 3.45. The van der Waals surface area contributed by atoms with E-state index in [0.717, 1.165) is 56.3 Å². The van der Waals surface area contributed by atoms with Crippen LogP contribution in [0.4, 0.5) is 0 Å². The lowest BCUT2D eigenvalue weighted by Gasteiger charge is -2.21. The number of guanidine groups is 1. The number of carbonyl (C=O) groups excluding carboxylic acids is 1. The quantitative estimate of drug-likeness (QED) is 0.189. The molecule has 0 aliphatic rings. The molecule has 0 aliphatic heterocycles. The summed E-state index contributed by atoms with van der Waals surface area (Å²) in [5.41, 5.74) is 1.61. The van der Waals surface area contributed by atoms with Gasteiger partial charge in [0, 0.05) is 18.2 Å². The van der Waals surface area contributed by atoms with Crippen LogP contribution in [0.5, 0.6) is 0 Å². The van der Waals surface area contributed by atoms with Crippen LogP contribution < -0.4 is 16.0 Å². The van der Waals surface area contributed by atoms with E-state index in [9.17, 15) is 4.79 Å². The lowest BCUT2D eigenvalue weighted by Crippen LogP contribution is -2.42. The molecule has 2 rings (SSSR count). The van der Waals surface area contributed by atoms with Crippen molar-refractivity contribution in [2.24, 2.45) is 4.99 Å². The lowest BCUT2D eigenvalue weighted by molar-refractivity contribution is 0.0948. The second kappa shape index (κ2) is 16.5. The Balaban J connectivity index is 0.00000544. The Morgan fingerprint density at radius 2 is 1.91 bits per heavy atom. The van der Waals surface area contributed by atoms with Crippen molar-refractivity contribution in [3.05, 3.63) is 59.5 Å². The normalized spacial score (nSPS) is 12.2. The van der Waals surface area contributed by atoms with Gasteiger partial charge in [-0.25, -0.2) is 4.99 Å². The molecule has 1 aromatic carbocycles. The van der Waals surface area contributed by atoms with Crippen molar-refractivity contribution in [2.45, 2.75) is 59.7 Å². The van der Waals surface area contributed by atoms with Gasteiger partial charge in [-0.05, 0) is 76.2 Å². The van der Waals surface area contributed by atoms with Crippen LogP contribution in [-0.2, 0) is 13.1 Å². The Hall–Kier alpha value is -2.07. The highest BCUT2D eigenvalue weighted by atomic mass is 127. The third kappa shape index (κ3) is 11.1. The molecule has 0 spiro atoms. The number of aliphatic imine (C=N–C) groups is 1. The van der Waals surface area contributed by atoms with Crippen LogP contribution in [0.25, 0.3) is 0 Å². The molecule has 3 N–H and O–H groups in total. The standard InChI is InChI=1S/C25H39N5O2.HI/c1-5-26-25(29-20(4)11-9-15-30(6-2)7-3)28-18-21-12-8-13-22(17-21)24(31)27-19-23-14-10-16-32-23;/h8,10,12-14,16-17,20H,5-7,9,11,15,18-19H2,1-4H3,(H,27,31)(H2,26,28,29);1H. The molecule has 1 unspecified atom stereocenters. The average Bonchev–Trinajstić information content (AvgIpc) is 3.33. The first kappa shape index (κ1) is 29.0. The van der Waals surface area contributed by atoms with Gasteiger partial charge in [0.1, 0.15) is 5.76 Å². The van der Waals surface area contributed by atoms with Gasteiger partial charge in [-0.3, -0.25) is 4.79 Å². The van der Waals surface area contributed by atoms with Crippen LogP contribution in [0.3, 0.4) is 0 Å². The Bertz CT molecular complexity index is 822. The molecule has 7 nitrogen and oxygen atoms in total. The summed E-state index contributed by atoms with van der Waals surface area (Å²) in [6, 6.07) is 11.6. The van der Waals surface area contributed by atoms with Gasteiger partial charge < -0.3 is 25.3 Å². The molecule has 0 bridgehead atoms. The summed E-state index contributed by atoms with van der Waals surface area (Å²) in [5.74, 6) is 1.40. The van der Waals surface area contributed by atoms with E-state index in [-0.39, 0.29) is 29.9 Å². The first-order valence-electron chi connectivity index (χ1n) is 11.7. The Morgan fingerprint density at radius 1 is 1.12 bits per heavy atom. The summed E-state index contributed by atoms with van der Waals surface area (Å²) in [4.78, 5) is 19.6. The maximum Gasteiger partial charge on any atom is 0.251 e. The summed E-state index contributed by atoms with van der Waals surface area (Å²) in [6.45, 7) is 13.7. The number of halogens is 1. The van der Waals surface area contributed by atoms with Crippen molar-refractivity contribution in [2.75, 3.05) is 26.2 Å². The van der Waals surface area contributed by atoms with Gasteiger partial charge in [0.2, 0.25) is 0 Å². The minimum atomic E-state index is -0.126. The van der Waals surface area contributed by atoms with Crippen molar-refractivity contribution < 1.29 is 9.21 Å². The number of hydrogen-bond acceptors (Lipinski definition) is 4. The van der Waals surface area contributed by atoms with E-state index in [1.165, 1.54) is 0 Å². The molecule has 0 saturated carbocycles. The van der Waals surface area contributed by atoms with E-state index in [1.807, 2.05) is 36.4 Å². The number of nitrogens with one attached hydrogen (secondary N) is 3. The van der Waals surface area contributed by atoms with Crippen molar-refractivity contribution >= 4 is 35.8 Å². The summed E-state index contributed by atoms with van der Waals surface area (Å²) < 4.78 is 5.26. The molecule has 0 fully saturated rings. The van der Waals surface area contributed by atoms with E-state index in [0.29, 0.717) is 24.7 Å². The van der Waals surface area contributed by atoms with E-state index in [4.69, 9.17) is 9.41 Å². The number of rotatable bonds is 13. The highest BCUT2D eigenvalue weighted by Gasteiger charge is 2.09. The van der Waals surface area contributed by atoms with Gasteiger partial charge in [-0.1, -0.05) is 26.0 Å². The summed E-state index contributed by atoms with van der Waals surface area (Å²) in [6.07, 6.45) is 3.85. The van der Waals surface area contributed by atoms with Crippen molar-refractivity contribution in [3.8, 4) is 0 Å². The maximum atomic E-state index is 12.5. The Morgan fingerprint density at radius 3 is 2.58 bits per heavy atom. The van der Waals surface area contributed by atoms with Crippen LogP contribution in [0.2, 0.25) is 0 Å². The first-order chi connectivity index (χ1) is 15.5. The number of hydrogen-bond donors (Lipinski definition) is 3. The summed E-state index contributed by atoms with van der Waals surface area (Å²) in [7, 11) is 0. The zero-order valence-electron chi connectivity index (χ0n) is 20.4. The van der Waals surface area contributed by atoms with Crippen LogP contribution in [0.1, 0.15) is 62.2 Å². The van der Waals surface area contributed by atoms with Gasteiger partial charge in [0.05, 0.1) is 19.4 Å². The monoisotopic (exact) mass is 569 g/mol. The van der Waals surface area contributed by atoms with Gasteiger partial charge >= 0.3 is 0 Å². The Kier molecular flexibility index (Phi) is 14.5. The predicted molar refractivity (Wildman–Crippen MR) is 146 cm³/mol. The lowest BCUT2D eigenvalue weighted by atomic mass is 10.1. The largest absolute Gasteiger partial charge is 0.467 e. The van der Waals surface area contributed by atoms with E-state index < -0.39 is 0 Å². The fourth-order valence-electron chi connectivity index (χ4n) is 3.45. The number of carbonyl (C=O) groups is 1. The van der Waals surface area contributed by atoms with Crippen molar-refractivity contribution in [1.82, 2.24) is 20.9 Å². The molecule has 184 valence electrons. The third-order valence-corrected chi connectivity index (χ3v) is 5.35. The van der Waals surface area contributed by atoms with Gasteiger partial charge in [0.25, 0.3) is 5.91 Å². The predicted octanol–water partition coefficient (Wildman–Crippen LogP) is 4.39. The van der Waals surface area contributed by atoms with Gasteiger partial charge in [0.15, 0.2) is 5.96 Å². The van der Waals surface area contributed by atoms with Crippen molar-refractivity contribution in [3.63, 3.8) is 0 Å². The molecule has 0 radical (unpaired) electrons. The number of furan rings is 1. The minimum Gasteiger partial charge on any atom is -0.467 e. The zero-order valence-corrected chi connectivity index (χ0v) is 22.7. The molecule has 1 amide bonds. The second-order valence-electron chi connectivity index (χ2n) is 7.87. The molecule has 2 aromatic rings. The van der Waals surface area contributed by atoms with Crippen molar-refractivity contribution in [1.29, 1.82) is 0 Å². The molecule has 1 atom stereocenters. The molecule has 33 heavy (non-hydrogen) atoms. The van der Waals surface area contributed by atoms with Crippen LogP contribution in [-0.4, -0.2) is 49.0 Å². The summed E-state index contributed by atoms with van der Waals surface area (Å²) in [5, 5.41) is 9.70. The molecule has 8 heteroatoms. The number of benzene rings is 1. The van der Waals surface area contributed by atoms with E-state index >= 15 is 0 Å². The van der Waals surface area contributed by atoms with Crippen LogP contribution in [0, 0.1) is 0 Å². The molecule has 1 heterocycles. The summed E-state index contributed by atoms with van der Waals surface area (Å²) >= 11 is 0. The van der Waals surface area contributed by atoms with E-state index in [1.54, 1.807) is 6.26 Å². The molecular weight excluding hydrogens is 529 g/mol.